The zero-order chi connectivity index (χ0) is 13.0. The van der Waals surface area contributed by atoms with Crippen LogP contribution in [0.25, 0.3) is 5.57 Å². The molecule has 0 atom stereocenters. The zero-order valence-electron chi connectivity index (χ0n) is 11.1. The van der Waals surface area contributed by atoms with Gasteiger partial charge in [0.15, 0.2) is 11.5 Å². The number of aryl methyl sites for hydroxylation is 1. The molecule has 0 spiro atoms. The first-order valence-electron chi connectivity index (χ1n) is 6.59. The van der Waals surface area contributed by atoms with E-state index in [9.17, 15) is 4.79 Å². The molecule has 0 aliphatic heterocycles. The van der Waals surface area contributed by atoms with Gasteiger partial charge in [0, 0.05) is 13.0 Å². The molecule has 0 N–H and O–H groups in total. The summed E-state index contributed by atoms with van der Waals surface area (Å²) in [6.45, 7) is 2.97. The fourth-order valence-corrected chi connectivity index (χ4v) is 2.36. The summed E-state index contributed by atoms with van der Waals surface area (Å²) in [5.74, 6) is 0.984. The topological polar surface area (TPSA) is 44.1 Å². The predicted octanol–water partition coefficient (Wildman–Crippen LogP) is 2.83. The smallest absolute Gasteiger partial charge is 0.164 e. The number of rotatable bonds is 4. The number of ether oxygens (including phenoxy) is 1. The van der Waals surface area contributed by atoms with Crippen molar-refractivity contribution in [1.29, 1.82) is 0 Å². The molecular weight excluding hydrogens is 228 g/mol. The molecule has 1 aliphatic carbocycles. The fourth-order valence-electron chi connectivity index (χ4n) is 2.36. The summed E-state index contributed by atoms with van der Waals surface area (Å²) in [4.78, 5) is 11.7. The largest absolute Gasteiger partial charge is 0.493 e. The number of nitrogens with zero attached hydrogens (tertiary/aromatic N) is 2. The van der Waals surface area contributed by atoms with E-state index in [4.69, 9.17) is 4.74 Å². The molecule has 0 fully saturated rings. The van der Waals surface area contributed by atoms with Crippen molar-refractivity contribution in [1.82, 2.24) is 9.78 Å². The maximum atomic E-state index is 11.7. The quantitative estimate of drug-likeness (QED) is 0.823. The maximum absolute atomic E-state index is 11.7. The van der Waals surface area contributed by atoms with Crippen molar-refractivity contribution >= 4 is 11.4 Å². The second-order valence-electron chi connectivity index (χ2n) is 4.63. The van der Waals surface area contributed by atoms with Crippen molar-refractivity contribution in [3.8, 4) is 5.75 Å². The molecule has 1 aliphatic rings. The van der Waals surface area contributed by atoms with Crippen molar-refractivity contribution in [2.75, 3.05) is 7.11 Å². The summed E-state index contributed by atoms with van der Waals surface area (Å²) in [6, 6.07) is 0. The lowest BCUT2D eigenvalue weighted by atomic mass is 10.1. The molecule has 0 bridgehead atoms. The van der Waals surface area contributed by atoms with E-state index in [1.165, 1.54) is 0 Å². The van der Waals surface area contributed by atoms with Crippen molar-refractivity contribution in [3.63, 3.8) is 0 Å². The highest BCUT2D eigenvalue weighted by molar-refractivity contribution is 5.97. The van der Waals surface area contributed by atoms with Crippen LogP contribution in [0.4, 0.5) is 0 Å². The summed E-state index contributed by atoms with van der Waals surface area (Å²) < 4.78 is 7.31. The van der Waals surface area contributed by atoms with Gasteiger partial charge < -0.3 is 4.74 Å². The van der Waals surface area contributed by atoms with Gasteiger partial charge in [-0.25, -0.2) is 0 Å². The van der Waals surface area contributed by atoms with E-state index in [1.807, 2.05) is 4.68 Å². The molecule has 0 saturated carbocycles. The van der Waals surface area contributed by atoms with E-state index in [0.29, 0.717) is 6.42 Å². The standard InChI is InChI=1S/C14H20N2O2/c1-3-8-16-14(13(18-2)10-15-16)11-6-4-5-7-12(17)9-11/h9-10H,3-8H2,1-2H3. The highest BCUT2D eigenvalue weighted by Crippen LogP contribution is 2.31. The Morgan fingerprint density at radius 3 is 2.89 bits per heavy atom. The van der Waals surface area contributed by atoms with Gasteiger partial charge in [0.05, 0.1) is 13.3 Å². The fraction of sp³-hybridized carbons (Fsp3) is 0.571. The van der Waals surface area contributed by atoms with Crippen LogP contribution in [0.2, 0.25) is 0 Å². The highest BCUT2D eigenvalue weighted by atomic mass is 16.5. The molecule has 2 rings (SSSR count). The molecule has 98 valence electrons. The molecule has 0 unspecified atom stereocenters. The summed E-state index contributed by atoms with van der Waals surface area (Å²) >= 11 is 0. The summed E-state index contributed by atoms with van der Waals surface area (Å²) in [5.41, 5.74) is 2.05. The van der Waals surface area contributed by atoms with Gasteiger partial charge in [-0.15, -0.1) is 0 Å². The number of carbonyl (C=O) groups is 1. The van der Waals surface area contributed by atoms with Crippen LogP contribution in [0, 0.1) is 0 Å². The van der Waals surface area contributed by atoms with Gasteiger partial charge in [0.25, 0.3) is 0 Å². The van der Waals surface area contributed by atoms with E-state index in [2.05, 4.69) is 12.0 Å². The Morgan fingerprint density at radius 1 is 1.39 bits per heavy atom. The van der Waals surface area contributed by atoms with Crippen LogP contribution < -0.4 is 4.74 Å². The molecule has 1 aromatic heterocycles. The molecule has 4 heteroatoms. The Morgan fingerprint density at radius 2 is 2.17 bits per heavy atom. The van der Waals surface area contributed by atoms with Gasteiger partial charge in [0.2, 0.25) is 0 Å². The van der Waals surface area contributed by atoms with Gasteiger partial charge >= 0.3 is 0 Å². The van der Waals surface area contributed by atoms with E-state index in [0.717, 1.165) is 49.2 Å². The number of carbonyl (C=O) groups excluding carboxylic acids is 1. The lowest BCUT2D eigenvalue weighted by Crippen LogP contribution is -2.05. The number of ketones is 1. The first-order chi connectivity index (χ1) is 8.76. The number of methoxy groups -OCH3 is 1. The van der Waals surface area contributed by atoms with Crippen molar-refractivity contribution < 1.29 is 9.53 Å². The van der Waals surface area contributed by atoms with Crippen LogP contribution in [0.15, 0.2) is 12.3 Å². The maximum Gasteiger partial charge on any atom is 0.164 e. The molecule has 4 nitrogen and oxygen atoms in total. The number of aromatic nitrogens is 2. The summed E-state index contributed by atoms with van der Waals surface area (Å²) in [5, 5.41) is 4.35. The summed E-state index contributed by atoms with van der Waals surface area (Å²) in [7, 11) is 1.65. The van der Waals surface area contributed by atoms with Gasteiger partial charge in [-0.2, -0.15) is 5.10 Å². The third-order valence-corrected chi connectivity index (χ3v) is 3.22. The minimum atomic E-state index is 0.216. The Kier molecular flexibility index (Phi) is 4.18. The number of hydrogen-bond donors (Lipinski definition) is 0. The molecule has 0 amide bonds. The molecular formula is C14H20N2O2. The van der Waals surface area contributed by atoms with Crippen molar-refractivity contribution in [2.45, 2.75) is 45.6 Å². The molecule has 18 heavy (non-hydrogen) atoms. The van der Waals surface area contributed by atoms with Crippen LogP contribution in [0.3, 0.4) is 0 Å². The van der Waals surface area contributed by atoms with Crippen LogP contribution in [0.5, 0.6) is 5.75 Å². The molecule has 0 aromatic carbocycles. The predicted molar refractivity (Wildman–Crippen MR) is 70.5 cm³/mol. The van der Waals surface area contributed by atoms with Gasteiger partial charge in [-0.3, -0.25) is 9.48 Å². The lowest BCUT2D eigenvalue weighted by molar-refractivity contribution is -0.114. The number of allylic oxidation sites excluding steroid dienone is 2. The summed E-state index contributed by atoms with van der Waals surface area (Å²) in [6.07, 6.45) is 8.14. The zero-order valence-corrected chi connectivity index (χ0v) is 11.1. The SMILES string of the molecule is CCCn1ncc(OC)c1C1=CC(=O)CCCC1. The van der Waals surface area contributed by atoms with E-state index < -0.39 is 0 Å². The normalized spacial score (nSPS) is 16.3. The van der Waals surface area contributed by atoms with Gasteiger partial charge in [-0.1, -0.05) is 6.92 Å². The minimum Gasteiger partial charge on any atom is -0.493 e. The van der Waals surface area contributed by atoms with Crippen molar-refractivity contribution in [3.05, 3.63) is 18.0 Å². The van der Waals surface area contributed by atoms with Crippen LogP contribution in [-0.2, 0) is 11.3 Å². The Labute approximate surface area is 108 Å². The third kappa shape index (κ3) is 2.63. The first-order valence-corrected chi connectivity index (χ1v) is 6.59. The van der Waals surface area contributed by atoms with E-state index >= 15 is 0 Å². The Balaban J connectivity index is 2.40. The molecule has 1 aromatic rings. The lowest BCUT2D eigenvalue weighted by Gasteiger charge is -2.10. The average molecular weight is 248 g/mol. The minimum absolute atomic E-state index is 0.216. The van der Waals surface area contributed by atoms with Gasteiger partial charge in [-0.05, 0) is 37.3 Å². The molecule has 0 radical (unpaired) electrons. The van der Waals surface area contributed by atoms with Gasteiger partial charge in [0.1, 0.15) is 5.69 Å². The second kappa shape index (κ2) is 5.85. The highest BCUT2D eigenvalue weighted by Gasteiger charge is 2.18. The average Bonchev–Trinajstić information content (AvgIpc) is 2.64. The number of hydrogen-bond acceptors (Lipinski definition) is 3. The first kappa shape index (κ1) is 12.9. The third-order valence-electron chi connectivity index (χ3n) is 3.22. The Bertz CT molecular complexity index is 460. The van der Waals surface area contributed by atoms with E-state index in [1.54, 1.807) is 19.4 Å². The molecule has 0 saturated heterocycles. The van der Waals surface area contributed by atoms with Crippen LogP contribution in [-0.4, -0.2) is 22.7 Å². The molecule has 1 heterocycles. The monoisotopic (exact) mass is 248 g/mol. The van der Waals surface area contributed by atoms with Crippen LogP contribution in [0.1, 0.15) is 44.7 Å². The van der Waals surface area contributed by atoms with E-state index in [-0.39, 0.29) is 5.78 Å². The van der Waals surface area contributed by atoms with Crippen LogP contribution >= 0.6 is 0 Å². The Hall–Kier alpha value is -1.58. The second-order valence-corrected chi connectivity index (χ2v) is 4.63. The van der Waals surface area contributed by atoms with Crippen molar-refractivity contribution in [2.24, 2.45) is 0 Å².